The van der Waals surface area contributed by atoms with E-state index in [2.05, 4.69) is 5.32 Å². The number of aryl methyl sites for hydroxylation is 1. The summed E-state index contributed by atoms with van der Waals surface area (Å²) in [6, 6.07) is 8.70. The number of hydrogen-bond acceptors (Lipinski definition) is 3. The van der Waals surface area contributed by atoms with Crippen LogP contribution in [0.15, 0.2) is 30.3 Å². The highest BCUT2D eigenvalue weighted by Gasteiger charge is 2.24. The Kier molecular flexibility index (Phi) is 7.36. The molecule has 0 fully saturated rings. The molecule has 0 aliphatic carbocycles. The van der Waals surface area contributed by atoms with Gasteiger partial charge in [0.2, 0.25) is 0 Å². The lowest BCUT2D eigenvalue weighted by Gasteiger charge is -2.23. The number of likely N-dealkylation sites (N-methyl/N-ethyl adjacent to an activating group) is 1. The number of ether oxygens (including phenoxy) is 2. The highest BCUT2D eigenvalue weighted by atomic mass is 35.5. The van der Waals surface area contributed by atoms with Gasteiger partial charge in [-0.1, -0.05) is 29.3 Å². The molecule has 0 aliphatic heterocycles. The van der Waals surface area contributed by atoms with Crippen molar-refractivity contribution in [3.05, 3.63) is 51.5 Å². The predicted molar refractivity (Wildman–Crippen MR) is 109 cm³/mol. The first-order valence-electron chi connectivity index (χ1n) is 8.57. The average Bonchev–Trinajstić information content (AvgIpc) is 2.65. The third kappa shape index (κ3) is 5.06. The van der Waals surface area contributed by atoms with E-state index in [1.165, 1.54) is 0 Å². The van der Waals surface area contributed by atoms with Crippen molar-refractivity contribution in [1.82, 2.24) is 0 Å². The maximum atomic E-state index is 12.7. The van der Waals surface area contributed by atoms with E-state index >= 15 is 0 Å². The lowest BCUT2D eigenvalue weighted by Crippen LogP contribution is -3.12. The quantitative estimate of drug-likeness (QED) is 0.734. The Labute approximate surface area is 170 Å². The van der Waals surface area contributed by atoms with Gasteiger partial charge >= 0.3 is 0 Å². The molecule has 2 atom stereocenters. The van der Waals surface area contributed by atoms with E-state index in [1.54, 1.807) is 32.4 Å². The second-order valence-corrected chi connectivity index (χ2v) is 7.28. The molecule has 0 aliphatic rings. The van der Waals surface area contributed by atoms with Crippen LogP contribution in [0, 0.1) is 6.92 Å². The fourth-order valence-electron chi connectivity index (χ4n) is 2.74. The molecule has 0 radical (unpaired) electrons. The normalized spacial score (nSPS) is 13.0. The molecule has 5 nitrogen and oxygen atoms in total. The first-order valence-corrected chi connectivity index (χ1v) is 9.32. The number of carbonyl (C=O) groups is 1. The molecular weight excluding hydrogens is 387 g/mol. The van der Waals surface area contributed by atoms with E-state index in [-0.39, 0.29) is 11.9 Å². The van der Waals surface area contributed by atoms with Crippen molar-refractivity contribution in [3.63, 3.8) is 0 Å². The Morgan fingerprint density at radius 1 is 1.15 bits per heavy atom. The van der Waals surface area contributed by atoms with Crippen molar-refractivity contribution in [3.8, 4) is 11.5 Å². The predicted octanol–water partition coefficient (Wildman–Crippen LogP) is 3.36. The van der Waals surface area contributed by atoms with E-state index in [4.69, 9.17) is 32.7 Å². The Morgan fingerprint density at radius 2 is 1.70 bits per heavy atom. The molecule has 146 valence electrons. The molecule has 1 amide bonds. The first kappa shape index (κ1) is 21.4. The zero-order valence-corrected chi connectivity index (χ0v) is 17.7. The molecule has 7 heteroatoms. The second-order valence-electron chi connectivity index (χ2n) is 6.46. The van der Waals surface area contributed by atoms with E-state index in [1.807, 2.05) is 33.0 Å². The summed E-state index contributed by atoms with van der Waals surface area (Å²) < 4.78 is 10.7. The number of nitrogens with one attached hydrogen (secondary N) is 2. The summed E-state index contributed by atoms with van der Waals surface area (Å²) in [5, 5.41) is 3.66. The smallest absolute Gasteiger partial charge is 0.282 e. The van der Waals surface area contributed by atoms with Gasteiger partial charge in [-0.05, 0) is 43.7 Å². The van der Waals surface area contributed by atoms with Crippen LogP contribution in [-0.4, -0.2) is 33.2 Å². The van der Waals surface area contributed by atoms with Crippen LogP contribution in [0.2, 0.25) is 10.0 Å². The van der Waals surface area contributed by atoms with Crippen molar-refractivity contribution in [2.45, 2.75) is 26.4 Å². The number of methoxy groups -OCH3 is 2. The van der Waals surface area contributed by atoms with Crippen LogP contribution in [0.3, 0.4) is 0 Å². The summed E-state index contributed by atoms with van der Waals surface area (Å²) in [4.78, 5) is 13.7. The van der Waals surface area contributed by atoms with E-state index in [0.29, 0.717) is 33.8 Å². The Balaban J connectivity index is 2.13. The maximum absolute atomic E-state index is 12.7. The number of anilines is 1. The summed E-state index contributed by atoms with van der Waals surface area (Å²) in [5.74, 6) is 1.21. The molecule has 0 spiro atoms. The van der Waals surface area contributed by atoms with Gasteiger partial charge in [0, 0.05) is 5.56 Å². The molecule has 2 rings (SSSR count). The van der Waals surface area contributed by atoms with E-state index in [0.717, 1.165) is 16.0 Å². The molecule has 27 heavy (non-hydrogen) atoms. The van der Waals surface area contributed by atoms with Gasteiger partial charge in [0.1, 0.15) is 6.54 Å². The van der Waals surface area contributed by atoms with Crippen LogP contribution in [0.1, 0.15) is 18.1 Å². The molecule has 0 bridgehead atoms. The summed E-state index contributed by atoms with van der Waals surface area (Å²) in [5.41, 5.74) is 2.60. The number of para-hydroxylation sites is 1. The molecule has 0 aromatic heterocycles. The van der Waals surface area contributed by atoms with Gasteiger partial charge in [-0.15, -0.1) is 0 Å². The van der Waals surface area contributed by atoms with E-state index < -0.39 is 0 Å². The monoisotopic (exact) mass is 411 g/mol. The van der Waals surface area contributed by atoms with Crippen LogP contribution in [0.4, 0.5) is 5.69 Å². The fourth-order valence-corrected chi connectivity index (χ4v) is 3.23. The molecule has 2 aromatic rings. The van der Waals surface area contributed by atoms with Crippen molar-refractivity contribution >= 4 is 34.8 Å². The molecule has 0 heterocycles. The van der Waals surface area contributed by atoms with Gasteiger partial charge in [0.15, 0.2) is 17.5 Å². The summed E-state index contributed by atoms with van der Waals surface area (Å²) in [6.07, 6.45) is 0. The SMILES string of the molecule is COc1cc(C)c(C[NH+](C)[C@@H](C)C(=O)Nc2c(Cl)cccc2Cl)cc1OC. The van der Waals surface area contributed by atoms with Gasteiger partial charge < -0.3 is 19.7 Å². The average molecular weight is 412 g/mol. The summed E-state index contributed by atoms with van der Waals surface area (Å²) in [6.45, 7) is 4.53. The minimum atomic E-state index is -0.315. The molecule has 2 aromatic carbocycles. The largest absolute Gasteiger partial charge is 0.493 e. The maximum Gasteiger partial charge on any atom is 0.282 e. The number of hydrogen-bond donors (Lipinski definition) is 2. The third-order valence-electron chi connectivity index (χ3n) is 4.65. The zero-order chi connectivity index (χ0) is 20.1. The van der Waals surface area contributed by atoms with Gasteiger partial charge in [0.25, 0.3) is 5.91 Å². The number of carbonyl (C=O) groups excluding carboxylic acids is 1. The highest BCUT2D eigenvalue weighted by molar-refractivity contribution is 6.39. The number of quaternary nitrogens is 1. The lowest BCUT2D eigenvalue weighted by molar-refractivity contribution is -0.907. The Bertz CT molecular complexity index is 807. The molecule has 2 N–H and O–H groups in total. The van der Waals surface area contributed by atoms with Crippen molar-refractivity contribution in [2.24, 2.45) is 0 Å². The Hall–Kier alpha value is -1.95. The van der Waals surface area contributed by atoms with Gasteiger partial charge in [0.05, 0.1) is 37.0 Å². The van der Waals surface area contributed by atoms with Gasteiger partial charge in [-0.2, -0.15) is 0 Å². The van der Waals surface area contributed by atoms with Gasteiger partial charge in [-0.3, -0.25) is 4.79 Å². The minimum absolute atomic E-state index is 0.152. The standard InChI is InChI=1S/C20H24Cl2N2O3/c1-12-9-17(26-4)18(27-5)10-14(12)11-24(3)13(2)20(25)23-19-15(21)7-6-8-16(19)22/h6-10,13H,11H2,1-5H3,(H,23,25)/p+1/t13-/m0/s1. The molecule has 0 saturated carbocycles. The highest BCUT2D eigenvalue weighted by Crippen LogP contribution is 2.31. The second kappa shape index (κ2) is 9.31. The van der Waals surface area contributed by atoms with Crippen molar-refractivity contribution < 1.29 is 19.2 Å². The van der Waals surface area contributed by atoms with Crippen LogP contribution in [0.25, 0.3) is 0 Å². The topological polar surface area (TPSA) is 52.0 Å². The van der Waals surface area contributed by atoms with Crippen LogP contribution >= 0.6 is 23.2 Å². The third-order valence-corrected chi connectivity index (χ3v) is 5.28. The number of amides is 1. The Morgan fingerprint density at radius 3 is 2.26 bits per heavy atom. The number of halogens is 2. The van der Waals surface area contributed by atoms with Gasteiger partial charge in [-0.25, -0.2) is 0 Å². The summed E-state index contributed by atoms with van der Waals surface area (Å²) in [7, 11) is 5.19. The molecule has 0 saturated heterocycles. The summed E-state index contributed by atoms with van der Waals surface area (Å²) >= 11 is 12.3. The zero-order valence-electron chi connectivity index (χ0n) is 16.2. The lowest BCUT2D eigenvalue weighted by atomic mass is 10.1. The molecule has 1 unspecified atom stereocenters. The van der Waals surface area contributed by atoms with Crippen LogP contribution in [0.5, 0.6) is 11.5 Å². The van der Waals surface area contributed by atoms with Crippen molar-refractivity contribution in [2.75, 3.05) is 26.6 Å². The van der Waals surface area contributed by atoms with Crippen LogP contribution in [-0.2, 0) is 11.3 Å². The number of rotatable bonds is 7. The fraction of sp³-hybridized carbons (Fsp3) is 0.350. The molecular formula is C20H25Cl2N2O3+. The van der Waals surface area contributed by atoms with E-state index in [9.17, 15) is 4.79 Å². The first-order chi connectivity index (χ1) is 12.8. The number of benzene rings is 2. The van der Waals surface area contributed by atoms with Crippen molar-refractivity contribution in [1.29, 1.82) is 0 Å². The minimum Gasteiger partial charge on any atom is -0.493 e. The van der Waals surface area contributed by atoms with Crippen LogP contribution < -0.4 is 19.7 Å².